The van der Waals surface area contributed by atoms with E-state index in [9.17, 15) is 4.79 Å². The van der Waals surface area contributed by atoms with Gasteiger partial charge in [0.2, 0.25) is 0 Å². The SMILES string of the molecule is Cc1ccc(CNC(=O)[C@H](C)Oc2ccccc2Cl)cc1. The monoisotopic (exact) mass is 303 g/mol. The molecule has 0 unspecified atom stereocenters. The summed E-state index contributed by atoms with van der Waals surface area (Å²) in [5, 5.41) is 3.35. The van der Waals surface area contributed by atoms with Crippen LogP contribution in [0.15, 0.2) is 48.5 Å². The number of halogens is 1. The molecule has 0 aliphatic carbocycles. The average molecular weight is 304 g/mol. The van der Waals surface area contributed by atoms with Crippen molar-refractivity contribution in [1.29, 1.82) is 0 Å². The quantitative estimate of drug-likeness (QED) is 0.914. The summed E-state index contributed by atoms with van der Waals surface area (Å²) in [6.45, 7) is 4.21. The van der Waals surface area contributed by atoms with Crippen molar-refractivity contribution in [2.75, 3.05) is 0 Å². The van der Waals surface area contributed by atoms with Crippen molar-refractivity contribution in [3.05, 3.63) is 64.7 Å². The standard InChI is InChI=1S/C17H18ClNO2/c1-12-7-9-14(10-8-12)11-19-17(20)13(2)21-16-6-4-3-5-15(16)18/h3-10,13H,11H2,1-2H3,(H,19,20)/t13-/m0/s1. The molecule has 0 spiro atoms. The van der Waals surface area contributed by atoms with Crippen LogP contribution >= 0.6 is 11.6 Å². The average Bonchev–Trinajstić information content (AvgIpc) is 2.48. The van der Waals surface area contributed by atoms with Crippen LogP contribution in [0, 0.1) is 6.92 Å². The maximum atomic E-state index is 12.0. The molecule has 0 saturated carbocycles. The number of benzene rings is 2. The van der Waals surface area contributed by atoms with E-state index >= 15 is 0 Å². The van der Waals surface area contributed by atoms with Crippen molar-refractivity contribution in [3.63, 3.8) is 0 Å². The van der Waals surface area contributed by atoms with Crippen molar-refractivity contribution in [2.45, 2.75) is 26.5 Å². The van der Waals surface area contributed by atoms with Crippen LogP contribution in [0.2, 0.25) is 5.02 Å². The lowest BCUT2D eigenvalue weighted by Crippen LogP contribution is -2.35. The predicted octanol–water partition coefficient (Wildman–Crippen LogP) is 3.73. The van der Waals surface area contributed by atoms with Gasteiger partial charge < -0.3 is 10.1 Å². The van der Waals surface area contributed by atoms with Crippen LogP contribution in [0.4, 0.5) is 0 Å². The van der Waals surface area contributed by atoms with Crippen LogP contribution in [-0.2, 0) is 11.3 Å². The maximum Gasteiger partial charge on any atom is 0.261 e. The molecule has 0 radical (unpaired) electrons. The van der Waals surface area contributed by atoms with E-state index in [1.807, 2.05) is 43.3 Å². The number of ether oxygens (including phenoxy) is 1. The molecule has 1 amide bonds. The molecule has 2 aromatic rings. The van der Waals surface area contributed by atoms with Crippen molar-refractivity contribution < 1.29 is 9.53 Å². The summed E-state index contributed by atoms with van der Waals surface area (Å²) in [6, 6.07) is 15.1. The van der Waals surface area contributed by atoms with E-state index < -0.39 is 6.10 Å². The molecule has 0 saturated heterocycles. The highest BCUT2D eigenvalue weighted by molar-refractivity contribution is 6.32. The van der Waals surface area contributed by atoms with Crippen molar-refractivity contribution in [2.24, 2.45) is 0 Å². The third-order valence-electron chi connectivity index (χ3n) is 3.10. The van der Waals surface area contributed by atoms with Gasteiger partial charge in [0.05, 0.1) is 5.02 Å². The number of aryl methyl sites for hydroxylation is 1. The van der Waals surface area contributed by atoms with Crippen LogP contribution in [-0.4, -0.2) is 12.0 Å². The number of rotatable bonds is 5. The second kappa shape index (κ2) is 7.14. The molecule has 0 aliphatic heterocycles. The fraction of sp³-hybridized carbons (Fsp3) is 0.235. The number of carbonyl (C=O) groups excluding carboxylic acids is 1. The van der Waals surface area contributed by atoms with Gasteiger partial charge in [0, 0.05) is 6.54 Å². The highest BCUT2D eigenvalue weighted by atomic mass is 35.5. The summed E-state index contributed by atoms with van der Waals surface area (Å²) in [7, 11) is 0. The van der Waals surface area contributed by atoms with Gasteiger partial charge in [0.15, 0.2) is 6.10 Å². The number of nitrogens with one attached hydrogen (secondary N) is 1. The van der Waals surface area contributed by atoms with Crippen LogP contribution in [0.25, 0.3) is 0 Å². The summed E-state index contributed by atoms with van der Waals surface area (Å²) < 4.78 is 5.57. The Balaban J connectivity index is 1.88. The number of hydrogen-bond acceptors (Lipinski definition) is 2. The lowest BCUT2D eigenvalue weighted by Gasteiger charge is -2.15. The molecule has 4 heteroatoms. The predicted molar refractivity (Wildman–Crippen MR) is 84.6 cm³/mol. The summed E-state index contributed by atoms with van der Waals surface area (Å²) in [5.41, 5.74) is 2.25. The molecular formula is C17H18ClNO2. The highest BCUT2D eigenvalue weighted by Gasteiger charge is 2.15. The van der Waals surface area contributed by atoms with Gasteiger partial charge in [0.25, 0.3) is 5.91 Å². The number of hydrogen-bond donors (Lipinski definition) is 1. The number of amides is 1. The molecule has 0 bridgehead atoms. The van der Waals surface area contributed by atoms with Gasteiger partial charge in [-0.3, -0.25) is 4.79 Å². The Kier molecular flexibility index (Phi) is 5.23. The zero-order chi connectivity index (χ0) is 15.2. The smallest absolute Gasteiger partial charge is 0.261 e. The van der Waals surface area contributed by atoms with Gasteiger partial charge in [-0.2, -0.15) is 0 Å². The van der Waals surface area contributed by atoms with Gasteiger partial charge in [-0.25, -0.2) is 0 Å². The zero-order valence-electron chi connectivity index (χ0n) is 12.1. The molecule has 0 heterocycles. The van der Waals surface area contributed by atoms with Gasteiger partial charge in [-0.1, -0.05) is 53.6 Å². The molecule has 1 atom stereocenters. The van der Waals surface area contributed by atoms with Crippen molar-refractivity contribution in [3.8, 4) is 5.75 Å². The second-order valence-electron chi connectivity index (χ2n) is 4.89. The van der Waals surface area contributed by atoms with E-state index in [0.717, 1.165) is 5.56 Å². The molecule has 0 fully saturated rings. The molecule has 1 N–H and O–H groups in total. The third-order valence-corrected chi connectivity index (χ3v) is 3.41. The van der Waals surface area contributed by atoms with Crippen LogP contribution in [0.5, 0.6) is 5.75 Å². The molecule has 2 rings (SSSR count). The minimum Gasteiger partial charge on any atom is -0.479 e. The Hall–Kier alpha value is -2.00. The number of para-hydroxylation sites is 1. The Morgan fingerprint density at radius 1 is 1.19 bits per heavy atom. The largest absolute Gasteiger partial charge is 0.479 e. The van der Waals surface area contributed by atoms with E-state index in [0.29, 0.717) is 17.3 Å². The lowest BCUT2D eigenvalue weighted by molar-refractivity contribution is -0.127. The second-order valence-corrected chi connectivity index (χ2v) is 5.30. The van der Waals surface area contributed by atoms with E-state index in [-0.39, 0.29) is 5.91 Å². The topological polar surface area (TPSA) is 38.3 Å². The van der Waals surface area contributed by atoms with E-state index in [1.165, 1.54) is 5.56 Å². The fourth-order valence-electron chi connectivity index (χ4n) is 1.82. The van der Waals surface area contributed by atoms with Gasteiger partial charge >= 0.3 is 0 Å². The first-order valence-corrected chi connectivity index (χ1v) is 7.18. The highest BCUT2D eigenvalue weighted by Crippen LogP contribution is 2.24. The molecule has 0 aliphatic rings. The van der Waals surface area contributed by atoms with Crippen molar-refractivity contribution in [1.82, 2.24) is 5.32 Å². The van der Waals surface area contributed by atoms with Crippen molar-refractivity contribution >= 4 is 17.5 Å². The molecule has 21 heavy (non-hydrogen) atoms. The van der Waals surface area contributed by atoms with Gasteiger partial charge in [-0.05, 0) is 31.5 Å². The van der Waals surface area contributed by atoms with Gasteiger partial charge in [0.1, 0.15) is 5.75 Å². The zero-order valence-corrected chi connectivity index (χ0v) is 12.9. The van der Waals surface area contributed by atoms with E-state index in [2.05, 4.69) is 5.32 Å². The third kappa shape index (κ3) is 4.50. The summed E-state index contributed by atoms with van der Waals surface area (Å²) in [4.78, 5) is 12.0. The molecule has 110 valence electrons. The summed E-state index contributed by atoms with van der Waals surface area (Å²) in [5.74, 6) is 0.340. The Labute approximate surface area is 129 Å². The molecular weight excluding hydrogens is 286 g/mol. The molecule has 3 nitrogen and oxygen atoms in total. The number of carbonyl (C=O) groups is 1. The minimum atomic E-state index is -0.602. The van der Waals surface area contributed by atoms with E-state index in [1.54, 1.807) is 19.1 Å². The Bertz CT molecular complexity index is 610. The van der Waals surface area contributed by atoms with Gasteiger partial charge in [-0.15, -0.1) is 0 Å². The van der Waals surface area contributed by atoms with E-state index in [4.69, 9.17) is 16.3 Å². The van der Waals surface area contributed by atoms with Crippen LogP contribution in [0.1, 0.15) is 18.1 Å². The van der Waals surface area contributed by atoms with Crippen LogP contribution in [0.3, 0.4) is 0 Å². The normalized spacial score (nSPS) is 11.8. The first kappa shape index (κ1) is 15.4. The minimum absolute atomic E-state index is 0.171. The van der Waals surface area contributed by atoms with Crippen LogP contribution < -0.4 is 10.1 Å². The first-order chi connectivity index (χ1) is 10.1. The summed E-state index contributed by atoms with van der Waals surface area (Å²) in [6.07, 6.45) is -0.602. The lowest BCUT2D eigenvalue weighted by atomic mass is 10.1. The molecule has 2 aromatic carbocycles. The Morgan fingerprint density at radius 3 is 2.52 bits per heavy atom. The summed E-state index contributed by atoms with van der Waals surface area (Å²) >= 11 is 6.00. The molecule has 0 aromatic heterocycles. The first-order valence-electron chi connectivity index (χ1n) is 6.80. The fourth-order valence-corrected chi connectivity index (χ4v) is 2.00. The maximum absolute atomic E-state index is 12.0. The Morgan fingerprint density at radius 2 is 1.86 bits per heavy atom.